The van der Waals surface area contributed by atoms with Crippen molar-refractivity contribution in [3.8, 4) is 33.6 Å². The predicted molar refractivity (Wildman–Crippen MR) is 235 cm³/mol. The third-order valence-electron chi connectivity index (χ3n) is 13.5. The Hall–Kier alpha value is -5.06. The molecule has 0 unspecified atom stereocenters. The monoisotopic (exact) mass is 794 g/mol. The van der Waals surface area contributed by atoms with Gasteiger partial charge in [0.15, 0.2) is 0 Å². The molecule has 1 saturated carbocycles. The first-order chi connectivity index (χ1) is 28.9. The number of likely N-dealkylation sites (N-methyl/N-ethyl adjacent to an activating group) is 1. The number of carbonyl (C=O) groups excluding carboxylic acids is 2. The molecule has 2 N–H and O–H groups in total. The maximum absolute atomic E-state index is 14.2. The van der Waals surface area contributed by atoms with Gasteiger partial charge >= 0.3 is 0 Å². The molecule has 2 amide bonds. The number of aromatic nitrogens is 4. The molecule has 2 saturated heterocycles. The predicted octanol–water partition coefficient (Wildman–Crippen LogP) is 9.44. The Kier molecular flexibility index (Phi) is 12.7. The van der Waals surface area contributed by atoms with Crippen molar-refractivity contribution in [3.63, 3.8) is 0 Å². The number of hydrogen-bond acceptors (Lipinski definition) is 6. The van der Waals surface area contributed by atoms with Crippen molar-refractivity contribution in [1.82, 2.24) is 39.5 Å². The van der Waals surface area contributed by atoms with Crippen LogP contribution < -0.4 is 0 Å². The molecule has 2 aliphatic heterocycles. The van der Waals surface area contributed by atoms with Crippen molar-refractivity contribution < 1.29 is 9.59 Å². The summed E-state index contributed by atoms with van der Waals surface area (Å²) in [5.74, 6) is 2.34. The van der Waals surface area contributed by atoms with Gasteiger partial charge in [-0.2, -0.15) is 0 Å². The van der Waals surface area contributed by atoms with Crippen LogP contribution in [0, 0.1) is 5.92 Å². The molecule has 10 heteroatoms. The number of rotatable bonds is 14. The number of aromatic amines is 2. The van der Waals surface area contributed by atoms with Gasteiger partial charge in [0.25, 0.3) is 0 Å². The molecule has 4 heterocycles. The second-order valence-corrected chi connectivity index (χ2v) is 16.7. The lowest BCUT2D eigenvalue weighted by molar-refractivity contribution is -0.139. The summed E-state index contributed by atoms with van der Waals surface area (Å²) < 4.78 is 0. The lowest BCUT2D eigenvalue weighted by Crippen LogP contribution is -2.43. The van der Waals surface area contributed by atoms with Gasteiger partial charge in [0.05, 0.1) is 35.9 Å². The molecule has 3 aliphatic rings. The average molecular weight is 795 g/mol. The largest absolute Gasteiger partial charge is 0.340 e. The molecule has 310 valence electrons. The number of nitrogens with one attached hydrogen (secondary N) is 2. The van der Waals surface area contributed by atoms with E-state index in [1.165, 1.54) is 0 Å². The number of carbonyl (C=O) groups is 2. The molecule has 3 fully saturated rings. The van der Waals surface area contributed by atoms with E-state index in [2.05, 4.69) is 113 Å². The van der Waals surface area contributed by atoms with Crippen molar-refractivity contribution in [3.05, 3.63) is 108 Å². The van der Waals surface area contributed by atoms with Crippen molar-refractivity contribution in [1.29, 1.82) is 0 Å². The Morgan fingerprint density at radius 2 is 1.12 bits per heavy atom. The van der Waals surface area contributed by atoms with Crippen LogP contribution in [-0.4, -0.2) is 96.7 Å². The number of benzene rings is 3. The summed E-state index contributed by atoms with van der Waals surface area (Å²) in [5.41, 5.74) is 7.36. The minimum Gasteiger partial charge on any atom is -0.340 e. The second kappa shape index (κ2) is 18.5. The minimum absolute atomic E-state index is 0.0182. The first-order valence-electron chi connectivity index (χ1n) is 22.4. The SMILES string of the molecule is CCN(CC)C1CCC(C(=O)N2CCC[C@H]2c2ncc(-c3ccc(-c4ccc(-c5cnc([C@@H]6CCCN6C(=O)[C@@H](c6ccccc6)N(CC)CC)[nH]5)cc4)cc3)[nH]2)CC1. The Labute approximate surface area is 350 Å². The Morgan fingerprint density at radius 1 is 0.627 bits per heavy atom. The van der Waals surface area contributed by atoms with Crippen molar-refractivity contribution in [2.45, 2.75) is 103 Å². The van der Waals surface area contributed by atoms with Gasteiger partial charge in [0.2, 0.25) is 11.8 Å². The normalized spacial score (nSPS) is 21.5. The smallest absolute Gasteiger partial charge is 0.245 e. The number of nitrogens with zero attached hydrogens (tertiary/aromatic N) is 6. The number of H-pyrrole nitrogens is 2. The molecule has 0 spiro atoms. The molecule has 0 bridgehead atoms. The number of imidazole rings is 2. The van der Waals surface area contributed by atoms with Crippen LogP contribution in [0.1, 0.15) is 114 Å². The van der Waals surface area contributed by atoms with E-state index >= 15 is 0 Å². The van der Waals surface area contributed by atoms with Gasteiger partial charge in [-0.3, -0.25) is 14.5 Å². The van der Waals surface area contributed by atoms with E-state index in [0.717, 1.165) is 141 Å². The summed E-state index contributed by atoms with van der Waals surface area (Å²) in [6.07, 6.45) is 11.8. The quantitative estimate of drug-likeness (QED) is 0.116. The van der Waals surface area contributed by atoms with Crippen LogP contribution in [0.3, 0.4) is 0 Å². The fourth-order valence-corrected chi connectivity index (χ4v) is 10.2. The van der Waals surface area contributed by atoms with Gasteiger partial charge in [-0.25, -0.2) is 9.97 Å². The van der Waals surface area contributed by atoms with E-state index < -0.39 is 0 Å². The lowest BCUT2D eigenvalue weighted by Gasteiger charge is -2.37. The van der Waals surface area contributed by atoms with Gasteiger partial charge in [-0.15, -0.1) is 0 Å². The highest BCUT2D eigenvalue weighted by Crippen LogP contribution is 2.38. The van der Waals surface area contributed by atoms with Crippen LogP contribution >= 0.6 is 0 Å². The van der Waals surface area contributed by atoms with Gasteiger partial charge < -0.3 is 24.7 Å². The summed E-state index contributed by atoms with van der Waals surface area (Å²) in [6.45, 7) is 14.0. The van der Waals surface area contributed by atoms with Crippen LogP contribution in [0.4, 0.5) is 0 Å². The number of hydrogen-bond donors (Lipinski definition) is 2. The molecular formula is C49H62N8O2. The van der Waals surface area contributed by atoms with Crippen LogP contribution in [0.25, 0.3) is 33.6 Å². The topological polar surface area (TPSA) is 104 Å². The molecule has 8 rings (SSSR count). The van der Waals surface area contributed by atoms with Crippen LogP contribution in [0.2, 0.25) is 0 Å². The van der Waals surface area contributed by atoms with Gasteiger partial charge in [-0.05, 0) is 105 Å². The van der Waals surface area contributed by atoms with E-state index in [4.69, 9.17) is 9.97 Å². The highest BCUT2D eigenvalue weighted by Gasteiger charge is 2.39. The Balaban J connectivity index is 0.900. The fraction of sp³-hybridized carbons (Fsp3) is 0.469. The highest BCUT2D eigenvalue weighted by atomic mass is 16.2. The first-order valence-corrected chi connectivity index (χ1v) is 22.4. The summed E-state index contributed by atoms with van der Waals surface area (Å²) in [7, 11) is 0. The maximum Gasteiger partial charge on any atom is 0.245 e. The van der Waals surface area contributed by atoms with Crippen molar-refractivity contribution in [2.24, 2.45) is 5.92 Å². The fourth-order valence-electron chi connectivity index (χ4n) is 10.2. The zero-order valence-electron chi connectivity index (χ0n) is 35.4. The van der Waals surface area contributed by atoms with Gasteiger partial charge in [-0.1, -0.05) is 107 Å². The summed E-state index contributed by atoms with van der Waals surface area (Å²) >= 11 is 0. The zero-order chi connectivity index (χ0) is 40.9. The van der Waals surface area contributed by atoms with Crippen LogP contribution in [0.5, 0.6) is 0 Å². The molecule has 1 aliphatic carbocycles. The van der Waals surface area contributed by atoms with E-state index in [0.29, 0.717) is 11.9 Å². The van der Waals surface area contributed by atoms with Crippen LogP contribution in [-0.2, 0) is 9.59 Å². The van der Waals surface area contributed by atoms with E-state index in [1.54, 1.807) is 0 Å². The number of likely N-dealkylation sites (tertiary alicyclic amines) is 2. The summed E-state index contributed by atoms with van der Waals surface area (Å²) in [4.78, 5) is 53.8. The summed E-state index contributed by atoms with van der Waals surface area (Å²) in [5, 5.41) is 0. The molecule has 59 heavy (non-hydrogen) atoms. The van der Waals surface area contributed by atoms with Crippen molar-refractivity contribution in [2.75, 3.05) is 39.3 Å². The van der Waals surface area contributed by atoms with E-state index in [-0.39, 0.29) is 30.0 Å². The van der Waals surface area contributed by atoms with Gasteiger partial charge in [0.1, 0.15) is 17.7 Å². The zero-order valence-corrected chi connectivity index (χ0v) is 35.4. The molecule has 5 aromatic rings. The molecule has 2 aromatic heterocycles. The summed E-state index contributed by atoms with van der Waals surface area (Å²) in [6, 6.07) is 27.6. The molecule has 0 radical (unpaired) electrons. The van der Waals surface area contributed by atoms with Crippen molar-refractivity contribution >= 4 is 11.8 Å². The molecular weight excluding hydrogens is 733 g/mol. The second-order valence-electron chi connectivity index (χ2n) is 16.7. The Morgan fingerprint density at radius 3 is 1.63 bits per heavy atom. The third-order valence-corrected chi connectivity index (χ3v) is 13.5. The minimum atomic E-state index is -0.308. The maximum atomic E-state index is 14.2. The average Bonchev–Trinajstić information content (AvgIpc) is 4.14. The molecule has 3 aromatic carbocycles. The number of amides is 2. The Bertz CT molecular complexity index is 2130. The van der Waals surface area contributed by atoms with Gasteiger partial charge in [0, 0.05) is 25.0 Å². The van der Waals surface area contributed by atoms with E-state index in [9.17, 15) is 9.59 Å². The molecule has 10 nitrogen and oxygen atoms in total. The van der Waals surface area contributed by atoms with Crippen LogP contribution in [0.15, 0.2) is 91.3 Å². The third kappa shape index (κ3) is 8.53. The standard InChI is InChI=1S/C49H62N8O2/c1-5-54(6-2)40-28-26-39(27-29-40)48(58)56-30-12-16-43(56)46-50-32-41(52-46)36-22-18-34(19-23-36)35-20-24-37(25-21-35)42-33-51-47(53-42)44-17-13-31-57(44)49(59)45(55(7-3)8-4)38-14-10-9-11-15-38/h9-11,14-15,18-25,32-33,39-40,43-45H,5-8,12-13,16-17,26-31H2,1-4H3,(H,50,52)(H,51,53)/t39?,40?,43-,44-,45+/m0/s1. The highest BCUT2D eigenvalue weighted by molar-refractivity contribution is 5.84. The van der Waals surface area contributed by atoms with E-state index in [1.807, 2.05) is 35.5 Å². The lowest BCUT2D eigenvalue weighted by atomic mass is 9.84. The molecule has 3 atom stereocenters. The first kappa shape index (κ1) is 40.7.